The van der Waals surface area contributed by atoms with Crippen LogP contribution in [-0.4, -0.2) is 56.7 Å². The fourth-order valence-electron chi connectivity index (χ4n) is 5.35. The summed E-state index contributed by atoms with van der Waals surface area (Å²) in [6.45, 7) is 4.92. The Balaban J connectivity index is 1.45. The maximum Gasteiger partial charge on any atom is 0.219 e. The summed E-state index contributed by atoms with van der Waals surface area (Å²) in [7, 11) is 1.91. The van der Waals surface area contributed by atoms with Gasteiger partial charge in [-0.05, 0) is 23.3 Å². The molecule has 1 atom stereocenters. The molecule has 2 aromatic heterocycles. The maximum absolute atomic E-state index is 12.2. The van der Waals surface area contributed by atoms with Crippen LogP contribution in [0.5, 0.6) is 0 Å². The van der Waals surface area contributed by atoms with Gasteiger partial charge in [-0.1, -0.05) is 12.1 Å². The first kappa shape index (κ1) is 21.6. The zero-order valence-electron chi connectivity index (χ0n) is 19.9. The van der Waals surface area contributed by atoms with Crippen molar-refractivity contribution in [1.82, 2.24) is 24.5 Å². The second-order valence-corrected chi connectivity index (χ2v) is 9.46. The molecule has 9 heteroatoms. The fraction of sp³-hybridized carbons (Fsp3) is 0.385. The van der Waals surface area contributed by atoms with Gasteiger partial charge in [-0.3, -0.25) is 14.2 Å². The first-order chi connectivity index (χ1) is 17.0. The van der Waals surface area contributed by atoms with E-state index in [0.717, 1.165) is 40.2 Å². The average Bonchev–Trinajstić information content (AvgIpc) is 3.51. The van der Waals surface area contributed by atoms with Crippen molar-refractivity contribution in [2.45, 2.75) is 31.8 Å². The van der Waals surface area contributed by atoms with E-state index >= 15 is 0 Å². The lowest BCUT2D eigenvalue weighted by Crippen LogP contribution is -2.37. The van der Waals surface area contributed by atoms with Gasteiger partial charge >= 0.3 is 0 Å². The standard InChI is InChI=1S/C26H27N7O2/c1-17(34)31-9-7-25-23(14-31)26(29-33(25)21-15-35-16-21)32-13-19(4-3-8-27)22-10-18(5-6-24(22)32)20-11-28-30(2)12-20/h3-6,10-12,19,21H,7,9,13-16H2,1-2H3/b4-3+. The van der Waals surface area contributed by atoms with Crippen molar-refractivity contribution in [2.24, 2.45) is 7.05 Å². The number of fused-ring (bicyclic) bond motifs is 2. The summed E-state index contributed by atoms with van der Waals surface area (Å²) in [6.07, 6.45) is 8.19. The largest absolute Gasteiger partial charge is 0.377 e. The van der Waals surface area contributed by atoms with Gasteiger partial charge in [0.05, 0.1) is 38.1 Å². The molecule has 3 aliphatic rings. The lowest BCUT2D eigenvalue weighted by Gasteiger charge is -2.31. The third-order valence-corrected chi connectivity index (χ3v) is 7.27. The lowest BCUT2D eigenvalue weighted by molar-refractivity contribution is -0.129. The van der Waals surface area contributed by atoms with E-state index in [0.29, 0.717) is 32.8 Å². The molecule has 1 amide bonds. The molecule has 0 radical (unpaired) electrons. The van der Waals surface area contributed by atoms with Gasteiger partial charge in [-0.2, -0.15) is 15.5 Å². The summed E-state index contributed by atoms with van der Waals surface area (Å²) in [5.41, 5.74) is 6.72. The molecule has 35 heavy (non-hydrogen) atoms. The normalized spacial score (nSPS) is 19.5. The molecular weight excluding hydrogens is 442 g/mol. The Kier molecular flexibility index (Phi) is 5.19. The van der Waals surface area contributed by atoms with E-state index in [2.05, 4.69) is 38.9 Å². The molecule has 1 unspecified atom stereocenters. The molecule has 178 valence electrons. The summed E-state index contributed by atoms with van der Waals surface area (Å²) in [6, 6.07) is 8.84. The van der Waals surface area contributed by atoms with Crippen molar-refractivity contribution in [3.63, 3.8) is 0 Å². The molecule has 1 saturated heterocycles. The smallest absolute Gasteiger partial charge is 0.219 e. The van der Waals surface area contributed by atoms with Gasteiger partial charge in [0.15, 0.2) is 5.82 Å². The predicted octanol–water partition coefficient (Wildman–Crippen LogP) is 3.07. The number of benzene rings is 1. The Morgan fingerprint density at radius 1 is 1.29 bits per heavy atom. The number of hydrogen-bond acceptors (Lipinski definition) is 6. The minimum absolute atomic E-state index is 0.0570. The van der Waals surface area contributed by atoms with Crippen LogP contribution < -0.4 is 4.90 Å². The Labute approximate surface area is 203 Å². The maximum atomic E-state index is 12.2. The Bertz CT molecular complexity index is 1370. The van der Waals surface area contributed by atoms with Gasteiger partial charge in [-0.15, -0.1) is 0 Å². The zero-order chi connectivity index (χ0) is 24.1. The summed E-state index contributed by atoms with van der Waals surface area (Å²) < 4.78 is 9.39. The lowest BCUT2D eigenvalue weighted by atomic mass is 9.97. The van der Waals surface area contributed by atoms with Crippen LogP contribution in [0, 0.1) is 11.3 Å². The molecule has 5 heterocycles. The van der Waals surface area contributed by atoms with Crippen LogP contribution >= 0.6 is 0 Å². The first-order valence-corrected chi connectivity index (χ1v) is 11.9. The van der Waals surface area contributed by atoms with E-state index in [-0.39, 0.29) is 17.9 Å². The molecule has 0 spiro atoms. The van der Waals surface area contributed by atoms with E-state index < -0.39 is 0 Å². The van der Waals surface area contributed by atoms with E-state index in [1.807, 2.05) is 30.4 Å². The zero-order valence-corrected chi connectivity index (χ0v) is 19.9. The minimum atomic E-state index is 0.0570. The van der Waals surface area contributed by atoms with Gasteiger partial charge in [0.25, 0.3) is 0 Å². The highest BCUT2D eigenvalue weighted by Crippen LogP contribution is 2.45. The number of anilines is 2. The number of ether oxygens (including phenoxy) is 1. The Morgan fingerprint density at radius 3 is 2.83 bits per heavy atom. The van der Waals surface area contributed by atoms with Crippen molar-refractivity contribution in [2.75, 3.05) is 31.2 Å². The number of nitriles is 1. The highest BCUT2D eigenvalue weighted by molar-refractivity contribution is 5.78. The van der Waals surface area contributed by atoms with Crippen LogP contribution in [0.4, 0.5) is 11.5 Å². The highest BCUT2D eigenvalue weighted by Gasteiger charge is 2.37. The molecule has 0 aliphatic carbocycles. The van der Waals surface area contributed by atoms with Crippen molar-refractivity contribution >= 4 is 17.4 Å². The van der Waals surface area contributed by atoms with Crippen LogP contribution in [0.25, 0.3) is 11.1 Å². The molecule has 0 bridgehead atoms. The van der Waals surface area contributed by atoms with Crippen LogP contribution in [0.2, 0.25) is 0 Å². The molecule has 0 saturated carbocycles. The minimum Gasteiger partial charge on any atom is -0.377 e. The summed E-state index contributed by atoms with van der Waals surface area (Å²) in [5, 5.41) is 18.6. The highest BCUT2D eigenvalue weighted by atomic mass is 16.5. The number of hydrogen-bond donors (Lipinski definition) is 0. The number of amides is 1. The van der Waals surface area contributed by atoms with Gasteiger partial charge < -0.3 is 14.5 Å². The number of carbonyl (C=O) groups is 1. The SMILES string of the molecule is CC(=O)N1CCc2c(c(N3CC(/C=C/C#N)c4cc(-c5cnn(C)c5)ccc43)nn2C2COC2)C1. The number of carbonyl (C=O) groups excluding carboxylic acids is 1. The van der Waals surface area contributed by atoms with Gasteiger partial charge in [0.2, 0.25) is 5.91 Å². The molecule has 1 fully saturated rings. The molecule has 3 aromatic rings. The van der Waals surface area contributed by atoms with E-state index in [1.54, 1.807) is 17.7 Å². The second kappa shape index (κ2) is 8.40. The van der Waals surface area contributed by atoms with Gasteiger partial charge in [0.1, 0.15) is 0 Å². The monoisotopic (exact) mass is 469 g/mol. The van der Waals surface area contributed by atoms with Crippen LogP contribution in [0.3, 0.4) is 0 Å². The number of aryl methyl sites for hydroxylation is 1. The number of nitrogens with zero attached hydrogens (tertiary/aromatic N) is 7. The van der Waals surface area contributed by atoms with Crippen LogP contribution in [-0.2, 0) is 29.5 Å². The molecule has 1 aromatic carbocycles. The van der Waals surface area contributed by atoms with E-state index in [9.17, 15) is 10.1 Å². The number of aromatic nitrogens is 4. The first-order valence-electron chi connectivity index (χ1n) is 11.9. The van der Waals surface area contributed by atoms with Crippen LogP contribution in [0.1, 0.15) is 35.7 Å². The fourth-order valence-corrected chi connectivity index (χ4v) is 5.35. The Hall–Kier alpha value is -3.90. The quantitative estimate of drug-likeness (QED) is 0.546. The summed E-state index contributed by atoms with van der Waals surface area (Å²) >= 11 is 0. The van der Waals surface area contributed by atoms with Crippen molar-refractivity contribution in [1.29, 1.82) is 5.26 Å². The topological polar surface area (TPSA) is 92.2 Å². The van der Waals surface area contributed by atoms with Crippen molar-refractivity contribution < 1.29 is 9.53 Å². The second-order valence-electron chi connectivity index (χ2n) is 9.46. The third-order valence-electron chi connectivity index (χ3n) is 7.27. The summed E-state index contributed by atoms with van der Waals surface area (Å²) in [5.74, 6) is 1.04. The van der Waals surface area contributed by atoms with Gasteiger partial charge in [0, 0.05) is 74.2 Å². The van der Waals surface area contributed by atoms with E-state index in [4.69, 9.17) is 9.84 Å². The molecular formula is C26H27N7O2. The van der Waals surface area contributed by atoms with Crippen molar-refractivity contribution in [3.05, 3.63) is 59.6 Å². The third kappa shape index (κ3) is 3.61. The molecule has 3 aliphatic heterocycles. The molecule has 9 nitrogen and oxygen atoms in total. The molecule has 6 rings (SSSR count). The summed E-state index contributed by atoms with van der Waals surface area (Å²) in [4.78, 5) is 16.4. The number of rotatable bonds is 4. The van der Waals surface area contributed by atoms with E-state index in [1.165, 1.54) is 5.69 Å². The predicted molar refractivity (Wildman–Crippen MR) is 130 cm³/mol. The molecule has 0 N–H and O–H groups in total. The van der Waals surface area contributed by atoms with Gasteiger partial charge in [-0.25, -0.2) is 0 Å². The number of allylic oxidation sites excluding steroid dienone is 1. The van der Waals surface area contributed by atoms with Crippen LogP contribution in [0.15, 0.2) is 42.7 Å². The average molecular weight is 470 g/mol. The Morgan fingerprint density at radius 2 is 2.14 bits per heavy atom. The van der Waals surface area contributed by atoms with Crippen molar-refractivity contribution in [3.8, 4) is 17.2 Å².